The third-order valence-electron chi connectivity index (χ3n) is 1.39. The van der Waals surface area contributed by atoms with Crippen molar-refractivity contribution in [3.05, 3.63) is 15.4 Å². The minimum Gasteiger partial charge on any atom is -0.369 e. The molecule has 12 heavy (non-hydrogen) atoms. The molecule has 0 spiro atoms. The van der Waals surface area contributed by atoms with E-state index in [1.807, 2.05) is 6.92 Å². The van der Waals surface area contributed by atoms with Gasteiger partial charge in [0, 0.05) is 0 Å². The summed E-state index contributed by atoms with van der Waals surface area (Å²) in [6, 6.07) is 0. The van der Waals surface area contributed by atoms with Gasteiger partial charge in [-0.15, -0.1) is 0 Å². The Bertz CT molecular complexity index is 486. The van der Waals surface area contributed by atoms with Crippen molar-refractivity contribution >= 4 is 27.6 Å². The second-order valence-electron chi connectivity index (χ2n) is 2.34. The van der Waals surface area contributed by atoms with Crippen LogP contribution in [-0.4, -0.2) is 15.0 Å². The maximum absolute atomic E-state index is 11.2. The molecule has 0 fully saturated rings. The molecular formula is C6H6N4OS. The molecule has 3 N–H and O–H groups in total. The zero-order valence-corrected chi connectivity index (χ0v) is 7.10. The first-order chi connectivity index (χ1) is 5.66. The van der Waals surface area contributed by atoms with E-state index in [4.69, 9.17) is 5.73 Å². The lowest BCUT2D eigenvalue weighted by atomic mass is 10.6. The van der Waals surface area contributed by atoms with E-state index < -0.39 is 0 Å². The number of rotatable bonds is 0. The van der Waals surface area contributed by atoms with Crippen molar-refractivity contribution in [2.24, 2.45) is 0 Å². The minimum absolute atomic E-state index is 0.135. The molecule has 0 amide bonds. The molecule has 0 saturated heterocycles. The maximum atomic E-state index is 11.2. The number of H-pyrrole nitrogens is 1. The summed E-state index contributed by atoms with van der Waals surface area (Å²) in [5.41, 5.74) is 5.44. The summed E-state index contributed by atoms with van der Waals surface area (Å²) in [6.45, 7) is 1.82. The Balaban J connectivity index is 2.98. The van der Waals surface area contributed by atoms with Crippen molar-refractivity contribution in [1.29, 1.82) is 0 Å². The van der Waals surface area contributed by atoms with Crippen molar-refractivity contribution < 1.29 is 0 Å². The predicted molar refractivity (Wildman–Crippen MR) is 47.2 cm³/mol. The summed E-state index contributed by atoms with van der Waals surface area (Å²) in [5.74, 6) is 0.135. The number of hydrogen-bond acceptors (Lipinski definition) is 5. The number of nitrogens with zero attached hydrogens (tertiary/aromatic N) is 2. The summed E-state index contributed by atoms with van der Waals surface area (Å²) >= 11 is 1.36. The molecule has 2 heterocycles. The number of anilines is 1. The monoisotopic (exact) mass is 182 g/mol. The molecule has 5 nitrogen and oxygen atoms in total. The van der Waals surface area contributed by atoms with Crippen LogP contribution in [-0.2, 0) is 0 Å². The largest absolute Gasteiger partial charge is 0.369 e. The first-order valence-corrected chi connectivity index (χ1v) is 4.11. The molecule has 0 aromatic carbocycles. The number of nitrogens with one attached hydrogen (secondary N) is 1. The topological polar surface area (TPSA) is 84.7 Å². The molecule has 0 aliphatic heterocycles. The fourth-order valence-corrected chi connectivity index (χ4v) is 1.75. The number of fused-ring (bicyclic) bond motifs is 1. The number of nitrogen functional groups attached to an aromatic ring is 1. The van der Waals surface area contributed by atoms with E-state index in [-0.39, 0.29) is 11.5 Å². The zero-order chi connectivity index (χ0) is 8.72. The first-order valence-electron chi connectivity index (χ1n) is 3.30. The molecule has 0 aliphatic carbocycles. The minimum atomic E-state index is -0.276. The van der Waals surface area contributed by atoms with Crippen LogP contribution in [0, 0.1) is 6.92 Å². The van der Waals surface area contributed by atoms with Gasteiger partial charge >= 0.3 is 0 Å². The van der Waals surface area contributed by atoms with Gasteiger partial charge in [-0.1, -0.05) is 11.3 Å². The van der Waals surface area contributed by atoms with Crippen molar-refractivity contribution in [2.45, 2.75) is 6.92 Å². The molecule has 0 atom stereocenters. The summed E-state index contributed by atoms with van der Waals surface area (Å²) in [7, 11) is 0. The molecule has 0 aliphatic rings. The van der Waals surface area contributed by atoms with Crippen molar-refractivity contribution in [1.82, 2.24) is 15.0 Å². The molecule has 2 aromatic heterocycles. The van der Waals surface area contributed by atoms with E-state index in [0.717, 1.165) is 5.01 Å². The number of aromatic amines is 1. The van der Waals surface area contributed by atoms with Crippen LogP contribution < -0.4 is 11.3 Å². The Morgan fingerprint density at radius 1 is 1.50 bits per heavy atom. The molecule has 0 unspecified atom stereocenters. The van der Waals surface area contributed by atoms with Gasteiger partial charge in [-0.2, -0.15) is 0 Å². The summed E-state index contributed by atoms with van der Waals surface area (Å²) < 4.78 is 0. The normalized spacial score (nSPS) is 10.8. The molecule has 6 heteroatoms. The highest BCUT2D eigenvalue weighted by atomic mass is 32.1. The lowest BCUT2D eigenvalue weighted by Crippen LogP contribution is -2.10. The Morgan fingerprint density at radius 2 is 2.25 bits per heavy atom. The third-order valence-corrected chi connectivity index (χ3v) is 2.26. The second-order valence-corrected chi connectivity index (χ2v) is 3.52. The maximum Gasteiger partial charge on any atom is 0.279 e. The summed E-state index contributed by atoms with van der Waals surface area (Å²) in [6.07, 6.45) is 0. The molecule has 0 radical (unpaired) electrons. The Hall–Kier alpha value is -1.43. The van der Waals surface area contributed by atoms with Crippen LogP contribution in [0.25, 0.3) is 10.3 Å². The zero-order valence-electron chi connectivity index (χ0n) is 6.29. The highest BCUT2D eigenvalue weighted by molar-refractivity contribution is 7.18. The SMILES string of the molecule is Cc1nc2c(=O)[nH]c(N)nc2s1. The van der Waals surface area contributed by atoms with Gasteiger partial charge in [-0.25, -0.2) is 9.97 Å². The highest BCUT2D eigenvalue weighted by Gasteiger charge is 2.05. The molecule has 2 rings (SSSR count). The van der Waals surface area contributed by atoms with Crippen LogP contribution in [0.4, 0.5) is 5.95 Å². The van der Waals surface area contributed by atoms with E-state index in [9.17, 15) is 4.79 Å². The Kier molecular flexibility index (Phi) is 1.37. The molecule has 0 bridgehead atoms. The number of hydrogen-bond donors (Lipinski definition) is 2. The van der Waals surface area contributed by atoms with Gasteiger partial charge in [0.2, 0.25) is 5.95 Å². The van der Waals surface area contributed by atoms with Crippen LogP contribution in [0.3, 0.4) is 0 Å². The van der Waals surface area contributed by atoms with Gasteiger partial charge < -0.3 is 5.73 Å². The first kappa shape index (κ1) is 7.23. The molecule has 2 aromatic rings. The Morgan fingerprint density at radius 3 is 3.00 bits per heavy atom. The van der Waals surface area contributed by atoms with Crippen LogP contribution >= 0.6 is 11.3 Å². The Labute approximate surface area is 71.3 Å². The fourth-order valence-electron chi connectivity index (χ4n) is 0.953. The van der Waals surface area contributed by atoms with Crippen LogP contribution in [0.1, 0.15) is 5.01 Å². The lowest BCUT2D eigenvalue weighted by molar-refractivity contribution is 1.17. The number of thiazole rings is 1. The fraction of sp³-hybridized carbons (Fsp3) is 0.167. The third kappa shape index (κ3) is 0.964. The molecular weight excluding hydrogens is 176 g/mol. The van der Waals surface area contributed by atoms with E-state index in [0.29, 0.717) is 10.3 Å². The van der Waals surface area contributed by atoms with E-state index >= 15 is 0 Å². The molecule has 0 saturated carbocycles. The summed E-state index contributed by atoms with van der Waals surface area (Å²) in [4.78, 5) is 22.1. The van der Waals surface area contributed by atoms with Gasteiger partial charge in [0.15, 0.2) is 10.3 Å². The van der Waals surface area contributed by atoms with Gasteiger partial charge in [0.05, 0.1) is 5.01 Å². The van der Waals surface area contributed by atoms with Crippen LogP contribution in [0.15, 0.2) is 4.79 Å². The number of nitrogens with two attached hydrogens (primary N) is 1. The van der Waals surface area contributed by atoms with E-state index in [2.05, 4.69) is 15.0 Å². The smallest absolute Gasteiger partial charge is 0.279 e. The van der Waals surface area contributed by atoms with Crippen molar-refractivity contribution in [3.8, 4) is 0 Å². The van der Waals surface area contributed by atoms with Crippen molar-refractivity contribution in [3.63, 3.8) is 0 Å². The summed E-state index contributed by atoms with van der Waals surface area (Å²) in [5, 5.41) is 0.814. The van der Waals surface area contributed by atoms with E-state index in [1.165, 1.54) is 11.3 Å². The van der Waals surface area contributed by atoms with Gasteiger partial charge in [0.25, 0.3) is 5.56 Å². The second kappa shape index (κ2) is 2.28. The standard InChI is InChI=1S/C6H6N4OS/c1-2-8-3-4(11)9-6(7)10-5(3)12-2/h1H3,(H3,7,9,10,11). The number of aryl methyl sites for hydroxylation is 1. The van der Waals surface area contributed by atoms with E-state index in [1.54, 1.807) is 0 Å². The predicted octanol–water partition coefficient (Wildman–Crippen LogP) is 0.270. The van der Waals surface area contributed by atoms with Crippen LogP contribution in [0.2, 0.25) is 0 Å². The average molecular weight is 182 g/mol. The highest BCUT2D eigenvalue weighted by Crippen LogP contribution is 2.15. The van der Waals surface area contributed by atoms with Crippen LogP contribution in [0.5, 0.6) is 0 Å². The van der Waals surface area contributed by atoms with Gasteiger partial charge in [-0.3, -0.25) is 9.78 Å². The number of aromatic nitrogens is 3. The quantitative estimate of drug-likeness (QED) is 0.612. The van der Waals surface area contributed by atoms with Gasteiger partial charge in [-0.05, 0) is 6.92 Å². The molecule has 62 valence electrons. The average Bonchev–Trinajstić information content (AvgIpc) is 2.29. The lowest BCUT2D eigenvalue weighted by Gasteiger charge is -1.88. The van der Waals surface area contributed by atoms with Gasteiger partial charge in [0.1, 0.15) is 0 Å². The van der Waals surface area contributed by atoms with Crippen molar-refractivity contribution in [2.75, 3.05) is 5.73 Å².